The molecule has 35 heavy (non-hydrogen) atoms. The van der Waals surface area contributed by atoms with Gasteiger partial charge in [0.2, 0.25) is 0 Å². The van der Waals surface area contributed by atoms with Crippen LogP contribution in [-0.2, 0) is 11.3 Å². The molecule has 0 radical (unpaired) electrons. The molecule has 2 heterocycles. The number of morpholine rings is 1. The average Bonchev–Trinajstić information content (AvgIpc) is 2.88. The first-order valence-corrected chi connectivity index (χ1v) is 12.4. The topological polar surface area (TPSA) is 91.8 Å². The van der Waals surface area contributed by atoms with Crippen LogP contribution in [0.15, 0.2) is 59.8 Å². The molecule has 0 spiro atoms. The summed E-state index contributed by atoms with van der Waals surface area (Å²) < 4.78 is 19.6. The van der Waals surface area contributed by atoms with E-state index in [4.69, 9.17) is 27.8 Å². The van der Waals surface area contributed by atoms with Gasteiger partial charge in [-0.15, -0.1) is 0 Å². The highest BCUT2D eigenvalue weighted by atomic mass is 35.5. The third-order valence-corrected chi connectivity index (χ3v) is 6.30. The molecule has 2 aliphatic heterocycles. The van der Waals surface area contributed by atoms with E-state index in [2.05, 4.69) is 32.6 Å². The Bertz CT molecular complexity index is 1070. The first-order chi connectivity index (χ1) is 16.9. The number of ether oxygens (including phenoxy) is 1. The van der Waals surface area contributed by atoms with Gasteiger partial charge in [0.15, 0.2) is 0 Å². The van der Waals surface area contributed by atoms with E-state index >= 15 is 0 Å². The van der Waals surface area contributed by atoms with Crippen molar-refractivity contribution < 1.29 is 9.13 Å². The van der Waals surface area contributed by atoms with E-state index in [0.29, 0.717) is 41.9 Å². The van der Waals surface area contributed by atoms with Crippen molar-refractivity contribution in [2.45, 2.75) is 27.3 Å². The van der Waals surface area contributed by atoms with Gasteiger partial charge in [-0.05, 0) is 48.4 Å². The Morgan fingerprint density at radius 3 is 2.69 bits per heavy atom. The summed E-state index contributed by atoms with van der Waals surface area (Å²) in [5, 5.41) is 6.96. The van der Waals surface area contributed by atoms with Crippen molar-refractivity contribution in [2.75, 3.05) is 49.6 Å². The number of hydrogen-bond donors (Lipinski definition) is 4. The van der Waals surface area contributed by atoms with Gasteiger partial charge in [-0.3, -0.25) is 0 Å². The van der Waals surface area contributed by atoms with Gasteiger partial charge < -0.3 is 36.6 Å². The highest BCUT2D eigenvalue weighted by molar-refractivity contribution is 6.31. The minimum Gasteiger partial charge on any atom is -0.385 e. The minimum atomic E-state index is -0.278. The van der Waals surface area contributed by atoms with Gasteiger partial charge >= 0.3 is 0 Å². The lowest BCUT2D eigenvalue weighted by Gasteiger charge is -2.33. The van der Waals surface area contributed by atoms with E-state index in [1.165, 1.54) is 6.07 Å². The van der Waals surface area contributed by atoms with Crippen LogP contribution in [0.5, 0.6) is 0 Å². The highest BCUT2D eigenvalue weighted by Crippen LogP contribution is 2.27. The molecule has 1 saturated heterocycles. The number of rotatable bonds is 6. The van der Waals surface area contributed by atoms with Crippen molar-refractivity contribution in [1.29, 1.82) is 0 Å². The Hall–Kier alpha value is -3.10. The number of nitrogens with one attached hydrogen (secondary N) is 2. The van der Waals surface area contributed by atoms with Crippen LogP contribution < -0.4 is 27.0 Å². The fourth-order valence-electron chi connectivity index (χ4n) is 4.07. The molecule has 2 aromatic carbocycles. The average molecular weight is 503 g/mol. The molecule has 0 amide bonds. The fraction of sp³-hybridized carbons (Fsp3) is 0.385. The van der Waals surface area contributed by atoms with Crippen molar-refractivity contribution in [1.82, 2.24) is 10.2 Å². The van der Waals surface area contributed by atoms with E-state index in [1.54, 1.807) is 19.1 Å². The molecule has 0 aliphatic carbocycles. The van der Waals surface area contributed by atoms with Gasteiger partial charge in [0.1, 0.15) is 17.5 Å². The summed E-state index contributed by atoms with van der Waals surface area (Å²) in [4.78, 5) is 4.34. The predicted octanol–water partition coefficient (Wildman–Crippen LogP) is 4.10. The number of nitrogens with zero attached hydrogens (tertiary/aromatic N) is 2. The van der Waals surface area contributed by atoms with E-state index in [0.717, 1.165) is 48.9 Å². The van der Waals surface area contributed by atoms with Crippen molar-refractivity contribution in [3.05, 3.63) is 81.8 Å². The summed E-state index contributed by atoms with van der Waals surface area (Å²) in [5.74, 6) is 0.681. The Morgan fingerprint density at radius 2 is 1.94 bits per heavy atom. The number of hydrogen-bond acceptors (Lipinski definition) is 7. The summed E-state index contributed by atoms with van der Waals surface area (Å²) in [5.41, 5.74) is 16.6. The van der Waals surface area contributed by atoms with Crippen LogP contribution in [0.2, 0.25) is 5.02 Å². The molecule has 0 saturated carbocycles. The number of allylic oxidation sites excluding steroid dienone is 1. The van der Waals surface area contributed by atoms with Crippen molar-refractivity contribution in [3.63, 3.8) is 0 Å². The normalized spacial score (nSPS) is 16.4. The monoisotopic (exact) mass is 502 g/mol. The van der Waals surface area contributed by atoms with Gasteiger partial charge in [-0.2, -0.15) is 0 Å². The minimum absolute atomic E-state index is 0.278. The lowest BCUT2D eigenvalue weighted by atomic mass is 10.1. The maximum absolute atomic E-state index is 14.1. The molecule has 4 rings (SSSR count). The molecular weight excluding hydrogens is 467 g/mol. The molecule has 2 aromatic rings. The summed E-state index contributed by atoms with van der Waals surface area (Å²) in [6.45, 7) is 10.7. The van der Waals surface area contributed by atoms with Crippen LogP contribution in [0.1, 0.15) is 25.0 Å². The molecule has 0 unspecified atom stereocenters. The van der Waals surface area contributed by atoms with Gasteiger partial charge in [0.25, 0.3) is 0 Å². The Balaban J connectivity index is 0.00000167. The third kappa shape index (κ3) is 6.74. The maximum Gasteiger partial charge on any atom is 0.126 e. The van der Waals surface area contributed by atoms with Gasteiger partial charge in [-0.25, -0.2) is 4.39 Å². The van der Waals surface area contributed by atoms with E-state index in [-0.39, 0.29) is 5.82 Å². The maximum atomic E-state index is 14.1. The molecule has 6 N–H and O–H groups in total. The molecule has 0 bridgehead atoms. The zero-order chi connectivity index (χ0) is 25.4. The molecule has 9 heteroatoms. The quantitative estimate of drug-likeness (QED) is 0.472. The summed E-state index contributed by atoms with van der Waals surface area (Å²) >= 11 is 6.38. The van der Waals surface area contributed by atoms with Crippen LogP contribution in [-0.4, -0.2) is 44.3 Å². The van der Waals surface area contributed by atoms with Crippen molar-refractivity contribution in [3.8, 4) is 0 Å². The predicted molar refractivity (Wildman–Crippen MR) is 142 cm³/mol. The summed E-state index contributed by atoms with van der Waals surface area (Å²) in [6, 6.07) is 11.1. The van der Waals surface area contributed by atoms with Gasteiger partial charge in [0, 0.05) is 55.2 Å². The lowest BCUT2D eigenvalue weighted by molar-refractivity contribution is 0.122. The summed E-state index contributed by atoms with van der Waals surface area (Å²) in [7, 11) is 0. The fourth-order valence-corrected chi connectivity index (χ4v) is 4.34. The largest absolute Gasteiger partial charge is 0.385 e. The van der Waals surface area contributed by atoms with Crippen LogP contribution >= 0.6 is 11.6 Å². The second-order valence-corrected chi connectivity index (χ2v) is 8.56. The standard InChI is InChI=1S/C24H30ClFN6O.C2H6/c1-16-19(20(25)5-6-21(16)26)15-32-8-7-29-24(28)22(32)14-23(27)30-17-3-2-4-18(13-17)31-9-11-33-12-10-31;1-2/h2-6,13-14,29-30H,7-12,15,27-28H2,1H3;1-2H3/b23-14+;. The molecule has 190 valence electrons. The van der Waals surface area contributed by atoms with E-state index < -0.39 is 0 Å². The molecule has 2 aliphatic rings. The van der Waals surface area contributed by atoms with Crippen LogP contribution in [0, 0.1) is 12.7 Å². The number of nitrogens with two attached hydrogens (primary N) is 2. The zero-order valence-electron chi connectivity index (χ0n) is 20.7. The number of halogens is 2. The lowest BCUT2D eigenvalue weighted by Crippen LogP contribution is -2.41. The molecule has 0 aromatic heterocycles. The molecule has 0 atom stereocenters. The van der Waals surface area contributed by atoms with Gasteiger partial charge in [0.05, 0.1) is 18.9 Å². The second-order valence-electron chi connectivity index (χ2n) is 8.15. The summed E-state index contributed by atoms with van der Waals surface area (Å²) in [6.07, 6.45) is 1.80. The second kappa shape index (κ2) is 12.6. The van der Waals surface area contributed by atoms with E-state index in [1.807, 2.05) is 26.0 Å². The van der Waals surface area contributed by atoms with Crippen LogP contribution in [0.25, 0.3) is 0 Å². The van der Waals surface area contributed by atoms with Crippen LogP contribution in [0.3, 0.4) is 0 Å². The van der Waals surface area contributed by atoms with E-state index in [9.17, 15) is 4.39 Å². The SMILES string of the molecule is CC.Cc1c(F)ccc(Cl)c1CN1CCNC(N)=C1/C=C(\N)Nc1cccc(N2CCOCC2)c1. The molecule has 7 nitrogen and oxygen atoms in total. The first kappa shape index (κ1) is 26.5. The number of benzene rings is 2. The highest BCUT2D eigenvalue weighted by Gasteiger charge is 2.20. The van der Waals surface area contributed by atoms with Crippen molar-refractivity contribution in [2.24, 2.45) is 11.5 Å². The first-order valence-electron chi connectivity index (χ1n) is 12.0. The van der Waals surface area contributed by atoms with Gasteiger partial charge in [-0.1, -0.05) is 31.5 Å². The molecular formula is C26H36ClFN6O. The van der Waals surface area contributed by atoms with Crippen LogP contribution in [0.4, 0.5) is 15.8 Å². The number of anilines is 2. The smallest absolute Gasteiger partial charge is 0.126 e. The Kier molecular flexibility index (Phi) is 9.51. The zero-order valence-corrected chi connectivity index (χ0v) is 21.5. The third-order valence-electron chi connectivity index (χ3n) is 5.94. The molecule has 1 fully saturated rings. The van der Waals surface area contributed by atoms with Crippen molar-refractivity contribution >= 4 is 23.0 Å². The Morgan fingerprint density at radius 1 is 1.20 bits per heavy atom. The Labute approximate surface area is 212 Å².